The third-order valence-corrected chi connectivity index (χ3v) is 3.73. The maximum absolute atomic E-state index is 9.82. The van der Waals surface area contributed by atoms with Gasteiger partial charge in [0.25, 0.3) is 0 Å². The van der Waals surface area contributed by atoms with Gasteiger partial charge < -0.3 is 30.6 Å². The van der Waals surface area contributed by atoms with Gasteiger partial charge in [-0.15, -0.1) is 0 Å². The van der Waals surface area contributed by atoms with Crippen molar-refractivity contribution in [3.05, 3.63) is 0 Å². The van der Waals surface area contributed by atoms with E-state index >= 15 is 0 Å². The molecule has 2 saturated heterocycles. The van der Waals surface area contributed by atoms with E-state index in [-0.39, 0.29) is 6.54 Å². The summed E-state index contributed by atoms with van der Waals surface area (Å²) in [7, 11) is 0. The van der Waals surface area contributed by atoms with E-state index in [1.807, 2.05) is 0 Å². The molecule has 94 valence electrons. The number of hydrogen-bond acceptors (Lipinski definition) is 7. The van der Waals surface area contributed by atoms with Crippen LogP contribution < -0.4 is 0 Å². The molecule has 2 aliphatic rings. The Balaban J connectivity index is 2.22. The lowest BCUT2D eigenvalue weighted by Gasteiger charge is -2.34. The molecule has 2 heterocycles. The van der Waals surface area contributed by atoms with Gasteiger partial charge in [-0.1, -0.05) is 0 Å². The van der Waals surface area contributed by atoms with Crippen LogP contribution in [0.4, 0.5) is 0 Å². The second-order valence-corrected chi connectivity index (χ2v) is 4.50. The molecular weight excluding hydrogens is 218 g/mol. The van der Waals surface area contributed by atoms with Crippen molar-refractivity contribution in [1.82, 2.24) is 4.90 Å². The number of piperidine rings is 1. The summed E-state index contributed by atoms with van der Waals surface area (Å²) in [5.41, 5.74) is -1.14. The number of hydrogen-bond donors (Lipinski definition) is 6. The molecule has 7 heteroatoms. The minimum Gasteiger partial charge on any atom is -0.394 e. The summed E-state index contributed by atoms with van der Waals surface area (Å²) in [5, 5.41) is 56.5. The van der Waals surface area contributed by atoms with E-state index in [9.17, 15) is 25.5 Å². The minimum absolute atomic E-state index is 0.0561. The predicted octanol–water partition coefficient (Wildman–Crippen LogP) is -4.15. The Hall–Kier alpha value is -0.280. The Morgan fingerprint density at radius 3 is 2.38 bits per heavy atom. The predicted molar refractivity (Wildman–Crippen MR) is 51.4 cm³/mol. The van der Waals surface area contributed by atoms with Crippen LogP contribution in [0.15, 0.2) is 0 Å². The number of rotatable bonds is 3. The Labute approximate surface area is 92.2 Å². The molecule has 1 unspecified atom stereocenters. The van der Waals surface area contributed by atoms with Crippen LogP contribution in [-0.2, 0) is 0 Å². The zero-order chi connectivity index (χ0) is 12.1. The first-order valence-electron chi connectivity index (χ1n) is 5.21. The third-order valence-electron chi connectivity index (χ3n) is 3.73. The van der Waals surface area contributed by atoms with Crippen molar-refractivity contribution >= 4 is 0 Å². The highest BCUT2D eigenvalue weighted by atomic mass is 16.4. The summed E-state index contributed by atoms with van der Waals surface area (Å²) in [4.78, 5) is 1.51. The third kappa shape index (κ3) is 1.34. The summed E-state index contributed by atoms with van der Waals surface area (Å²) < 4.78 is 0. The number of β-amino-alcohol motifs (C(OH)–C–C–N with tert-alkyl or cyclic N) is 1. The lowest BCUT2D eigenvalue weighted by molar-refractivity contribution is -0.115. The Morgan fingerprint density at radius 1 is 1.25 bits per heavy atom. The number of aliphatic hydroxyl groups excluding tert-OH is 6. The van der Waals surface area contributed by atoms with Gasteiger partial charge in [0, 0.05) is 6.54 Å². The van der Waals surface area contributed by atoms with Gasteiger partial charge in [-0.3, -0.25) is 4.90 Å². The Morgan fingerprint density at radius 2 is 1.88 bits per heavy atom. The van der Waals surface area contributed by atoms with Gasteiger partial charge in [-0.05, 0) is 0 Å². The molecule has 0 spiro atoms. The number of aliphatic hydroxyl groups is 6. The average molecular weight is 235 g/mol. The van der Waals surface area contributed by atoms with E-state index in [0.29, 0.717) is 0 Å². The van der Waals surface area contributed by atoms with Crippen LogP contribution in [0.3, 0.4) is 0 Å². The van der Waals surface area contributed by atoms with Crippen LogP contribution >= 0.6 is 0 Å². The van der Waals surface area contributed by atoms with Crippen LogP contribution in [0, 0.1) is 0 Å². The quantitative estimate of drug-likeness (QED) is 0.274. The van der Waals surface area contributed by atoms with Crippen LogP contribution in [-0.4, -0.2) is 91.3 Å². The molecule has 7 nitrogen and oxygen atoms in total. The highest BCUT2D eigenvalue weighted by Gasteiger charge is 2.72. The van der Waals surface area contributed by atoms with Gasteiger partial charge in [-0.25, -0.2) is 0 Å². The van der Waals surface area contributed by atoms with Crippen LogP contribution in [0.1, 0.15) is 0 Å². The molecule has 7 atom stereocenters. The second kappa shape index (κ2) is 3.88. The number of fused-ring (bicyclic) bond motifs is 1. The monoisotopic (exact) mass is 235 g/mol. The maximum Gasteiger partial charge on any atom is 0.109 e. The molecule has 2 rings (SSSR count). The summed E-state index contributed by atoms with van der Waals surface area (Å²) in [6.45, 7) is -0.887. The largest absolute Gasteiger partial charge is 0.394 e. The molecule has 0 radical (unpaired) electrons. The van der Waals surface area contributed by atoms with Gasteiger partial charge >= 0.3 is 0 Å². The van der Waals surface area contributed by atoms with Crippen molar-refractivity contribution in [2.24, 2.45) is 0 Å². The molecule has 2 aliphatic heterocycles. The fourth-order valence-corrected chi connectivity index (χ4v) is 2.80. The Bertz CT molecular complexity index is 277. The molecule has 0 aromatic carbocycles. The first-order chi connectivity index (χ1) is 7.50. The molecule has 6 N–H and O–H groups in total. The molecular formula is C9H17NO6. The molecule has 2 fully saturated rings. The van der Waals surface area contributed by atoms with Gasteiger partial charge in [0.05, 0.1) is 37.0 Å². The lowest BCUT2D eigenvalue weighted by atomic mass is 9.88. The molecule has 0 amide bonds. The topological polar surface area (TPSA) is 124 Å². The molecule has 0 aromatic rings. The normalized spacial score (nSPS) is 53.2. The average Bonchev–Trinajstić information content (AvgIpc) is 2.94. The molecule has 0 aliphatic carbocycles. The highest BCUT2D eigenvalue weighted by Crippen LogP contribution is 2.49. The minimum atomic E-state index is -1.35. The summed E-state index contributed by atoms with van der Waals surface area (Å²) >= 11 is 0. The van der Waals surface area contributed by atoms with Crippen molar-refractivity contribution in [3.63, 3.8) is 0 Å². The van der Waals surface area contributed by atoms with E-state index in [1.54, 1.807) is 0 Å². The first kappa shape index (κ1) is 12.2. The second-order valence-electron chi connectivity index (χ2n) is 4.50. The van der Waals surface area contributed by atoms with Crippen LogP contribution in [0.5, 0.6) is 0 Å². The zero-order valence-electron chi connectivity index (χ0n) is 8.64. The standard InChI is InChI=1S/C9H17NO6/c11-2-5(14)7-9(3-12)8(16)6(15)4(13)1-10(7)9/h4-8,11-16H,1-3H2/t4-,5+,6+,7+,8-,9-,10?/m0/s1. The van der Waals surface area contributed by atoms with E-state index in [4.69, 9.17) is 5.11 Å². The van der Waals surface area contributed by atoms with Gasteiger partial charge in [0.1, 0.15) is 12.2 Å². The van der Waals surface area contributed by atoms with Crippen molar-refractivity contribution in [2.45, 2.75) is 36.0 Å². The summed E-state index contributed by atoms with van der Waals surface area (Å²) in [5.74, 6) is 0. The molecule has 0 aromatic heterocycles. The first-order valence-corrected chi connectivity index (χ1v) is 5.21. The van der Waals surface area contributed by atoms with Gasteiger partial charge in [0.15, 0.2) is 0 Å². The molecule has 16 heavy (non-hydrogen) atoms. The van der Waals surface area contributed by atoms with Gasteiger partial charge in [0.2, 0.25) is 0 Å². The number of nitrogens with zero attached hydrogens (tertiary/aromatic N) is 1. The van der Waals surface area contributed by atoms with Crippen LogP contribution in [0.2, 0.25) is 0 Å². The zero-order valence-corrected chi connectivity index (χ0v) is 8.64. The summed E-state index contributed by atoms with van der Waals surface area (Å²) in [6, 6.07) is -0.635. The lowest BCUT2D eigenvalue weighted by Crippen LogP contribution is -2.57. The maximum atomic E-state index is 9.82. The van der Waals surface area contributed by atoms with E-state index in [0.717, 1.165) is 0 Å². The molecule has 0 saturated carbocycles. The van der Waals surface area contributed by atoms with E-state index in [2.05, 4.69) is 0 Å². The van der Waals surface area contributed by atoms with E-state index < -0.39 is 49.2 Å². The smallest absolute Gasteiger partial charge is 0.109 e. The van der Waals surface area contributed by atoms with Crippen molar-refractivity contribution in [2.75, 3.05) is 19.8 Å². The van der Waals surface area contributed by atoms with Crippen molar-refractivity contribution in [1.29, 1.82) is 0 Å². The van der Waals surface area contributed by atoms with Crippen molar-refractivity contribution in [3.8, 4) is 0 Å². The van der Waals surface area contributed by atoms with E-state index in [1.165, 1.54) is 4.90 Å². The SMILES string of the molecule is OC[C@@H](O)[C@H]1N2C[C@H](O)[C@@H](O)[C@H](O)[C@]12CO. The fraction of sp³-hybridized carbons (Fsp3) is 1.00. The Kier molecular flexibility index (Phi) is 2.96. The van der Waals surface area contributed by atoms with Gasteiger partial charge in [-0.2, -0.15) is 0 Å². The van der Waals surface area contributed by atoms with Crippen molar-refractivity contribution < 1.29 is 30.6 Å². The summed E-state index contributed by atoms with van der Waals surface area (Å²) in [6.07, 6.45) is -4.92. The fourth-order valence-electron chi connectivity index (χ4n) is 2.80. The highest BCUT2D eigenvalue weighted by molar-refractivity contribution is 5.27. The molecule has 0 bridgehead atoms. The van der Waals surface area contributed by atoms with Crippen LogP contribution in [0.25, 0.3) is 0 Å².